The number of hydrogen-bond acceptors (Lipinski definition) is 3. The number of nitrogens with zero attached hydrogens (tertiary/aromatic N) is 1. The van der Waals surface area contributed by atoms with Crippen LogP contribution in [0, 0.1) is 12.7 Å². The lowest BCUT2D eigenvalue weighted by Gasteiger charge is -2.29. The van der Waals surface area contributed by atoms with Gasteiger partial charge in [0.25, 0.3) is 5.91 Å². The Bertz CT molecular complexity index is 838. The van der Waals surface area contributed by atoms with Gasteiger partial charge in [-0.05, 0) is 50.6 Å². The van der Waals surface area contributed by atoms with Gasteiger partial charge in [0.05, 0.1) is 0 Å². The summed E-state index contributed by atoms with van der Waals surface area (Å²) in [5, 5.41) is 2.49. The standard InChI is InChI=1S/C21H23FN2O2S/c1-13(2)23-19(25)18-12-27-21(16-5-4-6-17(22)11-16)24(18)20(26)15-9-7-14(3)8-10-15/h4-11,13,18,21H,12H2,1-3H3,(H,23,25). The van der Waals surface area contributed by atoms with E-state index in [-0.39, 0.29) is 23.7 Å². The topological polar surface area (TPSA) is 49.4 Å². The van der Waals surface area contributed by atoms with Crippen molar-refractivity contribution in [1.29, 1.82) is 0 Å². The van der Waals surface area contributed by atoms with E-state index in [1.807, 2.05) is 32.9 Å². The average Bonchev–Trinajstić information content (AvgIpc) is 3.06. The van der Waals surface area contributed by atoms with Crippen LogP contribution in [0.1, 0.15) is 40.7 Å². The largest absolute Gasteiger partial charge is 0.352 e. The van der Waals surface area contributed by atoms with Gasteiger partial charge >= 0.3 is 0 Å². The SMILES string of the molecule is Cc1ccc(C(=O)N2C(C(=O)NC(C)C)CSC2c2cccc(F)c2)cc1. The molecule has 2 unspecified atom stereocenters. The lowest BCUT2D eigenvalue weighted by Crippen LogP contribution is -2.49. The number of thioether (sulfide) groups is 1. The molecule has 0 aliphatic carbocycles. The van der Waals surface area contributed by atoms with Crippen LogP contribution in [0.3, 0.4) is 0 Å². The fourth-order valence-electron chi connectivity index (χ4n) is 3.10. The third kappa shape index (κ3) is 4.33. The highest BCUT2D eigenvalue weighted by Gasteiger charge is 2.42. The van der Waals surface area contributed by atoms with E-state index in [0.717, 1.165) is 5.56 Å². The normalized spacial score (nSPS) is 19.4. The van der Waals surface area contributed by atoms with Crippen LogP contribution in [0.5, 0.6) is 0 Å². The molecule has 2 atom stereocenters. The molecule has 2 aromatic carbocycles. The van der Waals surface area contributed by atoms with Gasteiger partial charge < -0.3 is 10.2 Å². The Kier molecular flexibility index (Phi) is 5.85. The summed E-state index contributed by atoms with van der Waals surface area (Å²) >= 11 is 1.48. The number of nitrogens with one attached hydrogen (secondary N) is 1. The molecular weight excluding hydrogens is 363 g/mol. The second kappa shape index (κ2) is 8.13. The number of benzene rings is 2. The van der Waals surface area contributed by atoms with Gasteiger partial charge in [-0.25, -0.2) is 4.39 Å². The first kappa shape index (κ1) is 19.4. The molecule has 27 heavy (non-hydrogen) atoms. The average molecular weight is 386 g/mol. The number of carbonyl (C=O) groups excluding carboxylic acids is 2. The van der Waals surface area contributed by atoms with Gasteiger partial charge in [-0.2, -0.15) is 0 Å². The maximum Gasteiger partial charge on any atom is 0.255 e. The fraction of sp³-hybridized carbons (Fsp3) is 0.333. The molecule has 1 saturated heterocycles. The molecule has 1 N–H and O–H groups in total. The van der Waals surface area contributed by atoms with Crippen LogP contribution < -0.4 is 5.32 Å². The first-order valence-electron chi connectivity index (χ1n) is 8.93. The number of halogens is 1. The van der Waals surface area contributed by atoms with E-state index in [0.29, 0.717) is 16.9 Å². The molecule has 142 valence electrons. The van der Waals surface area contributed by atoms with Gasteiger partial charge in [0.2, 0.25) is 5.91 Å². The van der Waals surface area contributed by atoms with Crippen molar-refractivity contribution in [3.05, 3.63) is 71.0 Å². The molecular formula is C21H23FN2O2S. The lowest BCUT2D eigenvalue weighted by molar-refractivity contribution is -0.125. The Balaban J connectivity index is 1.97. The van der Waals surface area contributed by atoms with Crippen molar-refractivity contribution in [3.63, 3.8) is 0 Å². The Morgan fingerprint density at radius 2 is 1.89 bits per heavy atom. The predicted octanol–water partition coefficient (Wildman–Crippen LogP) is 3.92. The highest BCUT2D eigenvalue weighted by molar-refractivity contribution is 7.99. The zero-order valence-corrected chi connectivity index (χ0v) is 16.4. The molecule has 4 nitrogen and oxygen atoms in total. The molecule has 0 bridgehead atoms. The van der Waals surface area contributed by atoms with E-state index in [1.165, 1.54) is 23.9 Å². The zero-order chi connectivity index (χ0) is 19.6. The van der Waals surface area contributed by atoms with E-state index in [2.05, 4.69) is 5.32 Å². The van der Waals surface area contributed by atoms with E-state index in [4.69, 9.17) is 0 Å². The highest BCUT2D eigenvalue weighted by Crippen LogP contribution is 2.42. The molecule has 2 aromatic rings. The second-order valence-corrected chi connectivity index (χ2v) is 8.11. The molecule has 3 rings (SSSR count). The summed E-state index contributed by atoms with van der Waals surface area (Å²) in [6, 6.07) is 12.9. The minimum atomic E-state index is -0.598. The van der Waals surface area contributed by atoms with Crippen molar-refractivity contribution in [3.8, 4) is 0 Å². The van der Waals surface area contributed by atoms with Crippen molar-refractivity contribution in [2.45, 2.75) is 38.2 Å². The van der Waals surface area contributed by atoms with Crippen molar-refractivity contribution in [2.24, 2.45) is 0 Å². The molecule has 1 fully saturated rings. The van der Waals surface area contributed by atoms with Gasteiger partial charge in [0.1, 0.15) is 17.2 Å². The van der Waals surface area contributed by atoms with Crippen LogP contribution in [0.15, 0.2) is 48.5 Å². The molecule has 6 heteroatoms. The molecule has 1 heterocycles. The predicted molar refractivity (Wildman–Crippen MR) is 106 cm³/mol. The van der Waals surface area contributed by atoms with Crippen molar-refractivity contribution < 1.29 is 14.0 Å². The van der Waals surface area contributed by atoms with Crippen molar-refractivity contribution in [1.82, 2.24) is 10.2 Å². The number of hydrogen-bond donors (Lipinski definition) is 1. The molecule has 1 aliphatic heterocycles. The summed E-state index contributed by atoms with van der Waals surface area (Å²) in [6.07, 6.45) is 0. The summed E-state index contributed by atoms with van der Waals surface area (Å²) < 4.78 is 13.8. The molecule has 2 amide bonds. The van der Waals surface area contributed by atoms with E-state index < -0.39 is 11.4 Å². The summed E-state index contributed by atoms with van der Waals surface area (Å²) in [6.45, 7) is 5.72. The lowest BCUT2D eigenvalue weighted by atomic mass is 10.1. The summed E-state index contributed by atoms with van der Waals surface area (Å²) in [7, 11) is 0. The van der Waals surface area contributed by atoms with Gasteiger partial charge in [0.15, 0.2) is 0 Å². The summed E-state index contributed by atoms with van der Waals surface area (Å²) in [4.78, 5) is 27.6. The molecule has 0 aromatic heterocycles. The fourth-order valence-corrected chi connectivity index (χ4v) is 4.52. The first-order chi connectivity index (χ1) is 12.9. The maximum absolute atomic E-state index is 13.8. The van der Waals surface area contributed by atoms with Crippen molar-refractivity contribution >= 4 is 23.6 Å². The Morgan fingerprint density at radius 3 is 2.52 bits per heavy atom. The summed E-state index contributed by atoms with van der Waals surface area (Å²) in [5.41, 5.74) is 2.25. The maximum atomic E-state index is 13.8. The quantitative estimate of drug-likeness (QED) is 0.867. The van der Waals surface area contributed by atoms with E-state index in [9.17, 15) is 14.0 Å². The third-order valence-corrected chi connectivity index (χ3v) is 5.72. The summed E-state index contributed by atoms with van der Waals surface area (Å²) in [5.74, 6) is -0.293. The van der Waals surface area contributed by atoms with Crippen LogP contribution in [-0.2, 0) is 4.79 Å². The molecule has 0 radical (unpaired) electrons. The highest BCUT2D eigenvalue weighted by atomic mass is 32.2. The van der Waals surface area contributed by atoms with Crippen LogP contribution in [0.4, 0.5) is 4.39 Å². The second-order valence-electron chi connectivity index (χ2n) is 7.00. The Hall–Kier alpha value is -2.34. The Labute approximate surface area is 163 Å². The third-order valence-electron chi connectivity index (χ3n) is 4.40. The number of aryl methyl sites for hydroxylation is 1. The van der Waals surface area contributed by atoms with Gasteiger partial charge in [-0.15, -0.1) is 11.8 Å². The number of carbonyl (C=O) groups is 2. The Morgan fingerprint density at radius 1 is 1.19 bits per heavy atom. The minimum absolute atomic E-state index is 0.0213. The molecule has 0 spiro atoms. The van der Waals surface area contributed by atoms with Crippen LogP contribution in [0.2, 0.25) is 0 Å². The van der Waals surface area contributed by atoms with Crippen molar-refractivity contribution in [2.75, 3.05) is 5.75 Å². The smallest absolute Gasteiger partial charge is 0.255 e. The number of amides is 2. The molecule has 1 aliphatic rings. The van der Waals surface area contributed by atoms with E-state index >= 15 is 0 Å². The monoisotopic (exact) mass is 386 g/mol. The minimum Gasteiger partial charge on any atom is -0.352 e. The molecule has 0 saturated carbocycles. The van der Waals surface area contributed by atoms with Crippen LogP contribution >= 0.6 is 11.8 Å². The van der Waals surface area contributed by atoms with Gasteiger partial charge in [-0.3, -0.25) is 9.59 Å². The van der Waals surface area contributed by atoms with Crippen LogP contribution in [-0.4, -0.2) is 34.6 Å². The van der Waals surface area contributed by atoms with Gasteiger partial charge in [0, 0.05) is 17.4 Å². The van der Waals surface area contributed by atoms with E-state index in [1.54, 1.807) is 29.2 Å². The van der Waals surface area contributed by atoms with Crippen LogP contribution in [0.25, 0.3) is 0 Å². The van der Waals surface area contributed by atoms with Gasteiger partial charge in [-0.1, -0.05) is 29.8 Å². The first-order valence-corrected chi connectivity index (χ1v) is 9.98. The zero-order valence-electron chi connectivity index (χ0n) is 15.6. The number of rotatable bonds is 4.